The highest BCUT2D eigenvalue weighted by molar-refractivity contribution is 5.98. The van der Waals surface area contributed by atoms with E-state index in [1.165, 1.54) is 27.1 Å². The number of benzene rings is 3. The van der Waals surface area contributed by atoms with Gasteiger partial charge in [-0.25, -0.2) is 0 Å². The van der Waals surface area contributed by atoms with Gasteiger partial charge in [0.05, 0.1) is 0 Å². The zero-order valence-electron chi connectivity index (χ0n) is 10.2. The summed E-state index contributed by atoms with van der Waals surface area (Å²) in [7, 11) is 0. The van der Waals surface area contributed by atoms with Gasteiger partial charge in [-0.1, -0.05) is 42.5 Å². The van der Waals surface area contributed by atoms with Gasteiger partial charge in [0, 0.05) is 6.42 Å². The highest BCUT2D eigenvalue weighted by Crippen LogP contribution is 2.24. The standard InChI is InChI=1S/C18H14/c1-2-3-6-14-9-10-17-12-15-7-4-5-8-16(15)13-18(17)11-14/h1,4-5,7-13H,3,6H2. The van der Waals surface area contributed by atoms with Gasteiger partial charge in [0.1, 0.15) is 0 Å². The maximum atomic E-state index is 5.31. The summed E-state index contributed by atoms with van der Waals surface area (Å²) in [6, 6.07) is 19.6. The summed E-state index contributed by atoms with van der Waals surface area (Å²) in [5.74, 6) is 2.69. The predicted molar refractivity (Wildman–Crippen MR) is 78.6 cm³/mol. The SMILES string of the molecule is C#CCCc1ccc2cc3ccccc3cc2c1. The molecule has 0 nitrogen and oxygen atoms in total. The smallest absolute Gasteiger partial charge is 0.0127 e. The summed E-state index contributed by atoms with van der Waals surface area (Å²) in [5.41, 5.74) is 1.32. The van der Waals surface area contributed by atoms with Crippen LogP contribution in [-0.4, -0.2) is 0 Å². The summed E-state index contributed by atoms with van der Waals surface area (Å²) in [5, 5.41) is 5.17. The molecule has 0 atom stereocenters. The monoisotopic (exact) mass is 230 g/mol. The molecule has 18 heavy (non-hydrogen) atoms. The van der Waals surface area contributed by atoms with E-state index < -0.39 is 0 Å². The topological polar surface area (TPSA) is 0 Å². The Labute approximate surface area is 107 Å². The fraction of sp³-hybridized carbons (Fsp3) is 0.111. The van der Waals surface area contributed by atoms with E-state index in [9.17, 15) is 0 Å². The van der Waals surface area contributed by atoms with Crippen molar-refractivity contribution in [2.45, 2.75) is 12.8 Å². The van der Waals surface area contributed by atoms with E-state index in [4.69, 9.17) is 6.42 Å². The fourth-order valence-corrected chi connectivity index (χ4v) is 2.36. The van der Waals surface area contributed by atoms with Gasteiger partial charge >= 0.3 is 0 Å². The average molecular weight is 230 g/mol. The Balaban J connectivity index is 2.15. The molecule has 0 saturated carbocycles. The molecule has 0 aliphatic rings. The number of hydrogen-bond acceptors (Lipinski definition) is 0. The number of hydrogen-bond donors (Lipinski definition) is 0. The lowest BCUT2D eigenvalue weighted by molar-refractivity contribution is 1.03. The molecular formula is C18H14. The molecule has 0 saturated heterocycles. The van der Waals surface area contributed by atoms with Crippen molar-refractivity contribution < 1.29 is 0 Å². The Bertz CT molecular complexity index is 745. The Morgan fingerprint density at radius 3 is 2.17 bits per heavy atom. The molecule has 0 unspecified atom stereocenters. The molecule has 0 heterocycles. The van der Waals surface area contributed by atoms with Gasteiger partial charge in [-0.3, -0.25) is 0 Å². The van der Waals surface area contributed by atoms with Crippen molar-refractivity contribution in [3.63, 3.8) is 0 Å². The second-order valence-corrected chi connectivity index (χ2v) is 4.58. The Kier molecular flexibility index (Phi) is 2.74. The first-order valence-corrected chi connectivity index (χ1v) is 6.22. The zero-order valence-corrected chi connectivity index (χ0v) is 10.2. The maximum absolute atomic E-state index is 5.31. The third-order valence-electron chi connectivity index (χ3n) is 3.33. The minimum Gasteiger partial charge on any atom is -0.120 e. The van der Waals surface area contributed by atoms with Crippen LogP contribution in [0, 0.1) is 12.3 Å². The third-order valence-corrected chi connectivity index (χ3v) is 3.33. The second kappa shape index (κ2) is 4.55. The van der Waals surface area contributed by atoms with Crippen LogP contribution in [0.2, 0.25) is 0 Å². The van der Waals surface area contributed by atoms with Gasteiger partial charge in [0.2, 0.25) is 0 Å². The summed E-state index contributed by atoms with van der Waals surface area (Å²) in [4.78, 5) is 0. The van der Waals surface area contributed by atoms with Gasteiger partial charge in [0.25, 0.3) is 0 Å². The highest BCUT2D eigenvalue weighted by Gasteiger charge is 1.99. The van der Waals surface area contributed by atoms with Crippen LogP contribution in [0.4, 0.5) is 0 Å². The molecule has 0 fully saturated rings. The van der Waals surface area contributed by atoms with Crippen molar-refractivity contribution in [2.75, 3.05) is 0 Å². The summed E-state index contributed by atoms with van der Waals surface area (Å²) in [6.45, 7) is 0. The van der Waals surface area contributed by atoms with Crippen LogP contribution >= 0.6 is 0 Å². The molecule has 0 aliphatic heterocycles. The van der Waals surface area contributed by atoms with E-state index in [0.717, 1.165) is 12.8 Å². The molecule has 0 aromatic heterocycles. The molecule has 0 bridgehead atoms. The number of fused-ring (bicyclic) bond motifs is 2. The molecule has 0 radical (unpaired) electrons. The zero-order chi connectivity index (χ0) is 12.4. The Morgan fingerprint density at radius 1 is 0.778 bits per heavy atom. The van der Waals surface area contributed by atoms with Crippen molar-refractivity contribution in [1.29, 1.82) is 0 Å². The van der Waals surface area contributed by atoms with E-state index >= 15 is 0 Å². The number of terminal acetylenes is 1. The van der Waals surface area contributed by atoms with Crippen LogP contribution in [0.25, 0.3) is 21.5 Å². The van der Waals surface area contributed by atoms with Crippen molar-refractivity contribution in [3.8, 4) is 12.3 Å². The highest BCUT2D eigenvalue weighted by atomic mass is 14.0. The molecule has 3 aromatic carbocycles. The summed E-state index contributed by atoms with van der Waals surface area (Å²) in [6.07, 6.45) is 7.08. The predicted octanol–water partition coefficient (Wildman–Crippen LogP) is 4.56. The Morgan fingerprint density at radius 2 is 1.44 bits per heavy atom. The summed E-state index contributed by atoms with van der Waals surface area (Å²) >= 11 is 0. The van der Waals surface area contributed by atoms with Crippen LogP contribution in [0.5, 0.6) is 0 Å². The lowest BCUT2D eigenvalue weighted by Gasteiger charge is -2.04. The van der Waals surface area contributed by atoms with E-state index in [1.807, 2.05) is 0 Å². The van der Waals surface area contributed by atoms with Gasteiger partial charge in [0.15, 0.2) is 0 Å². The quantitative estimate of drug-likeness (QED) is 0.447. The first kappa shape index (κ1) is 10.9. The molecule has 0 spiro atoms. The van der Waals surface area contributed by atoms with Crippen LogP contribution in [0.1, 0.15) is 12.0 Å². The van der Waals surface area contributed by atoms with Crippen molar-refractivity contribution in [1.82, 2.24) is 0 Å². The number of aryl methyl sites for hydroxylation is 1. The molecule has 0 N–H and O–H groups in total. The van der Waals surface area contributed by atoms with E-state index in [1.54, 1.807) is 0 Å². The molecular weight excluding hydrogens is 216 g/mol. The normalized spacial score (nSPS) is 10.6. The molecule has 0 aliphatic carbocycles. The van der Waals surface area contributed by atoms with Gasteiger partial charge in [-0.2, -0.15) is 0 Å². The van der Waals surface area contributed by atoms with Crippen molar-refractivity contribution >= 4 is 21.5 Å². The van der Waals surface area contributed by atoms with Crippen molar-refractivity contribution in [2.24, 2.45) is 0 Å². The van der Waals surface area contributed by atoms with Gasteiger partial charge in [-0.15, -0.1) is 12.3 Å². The first-order valence-electron chi connectivity index (χ1n) is 6.22. The lowest BCUT2D eigenvalue weighted by Crippen LogP contribution is -1.84. The van der Waals surface area contributed by atoms with Crippen LogP contribution in [-0.2, 0) is 6.42 Å². The first-order chi connectivity index (χ1) is 8.86. The molecule has 3 aromatic rings. The second-order valence-electron chi connectivity index (χ2n) is 4.58. The van der Waals surface area contributed by atoms with E-state index in [0.29, 0.717) is 0 Å². The van der Waals surface area contributed by atoms with Gasteiger partial charge < -0.3 is 0 Å². The molecule has 0 amide bonds. The molecule has 3 rings (SSSR count). The summed E-state index contributed by atoms with van der Waals surface area (Å²) < 4.78 is 0. The average Bonchev–Trinajstić information content (AvgIpc) is 2.42. The van der Waals surface area contributed by atoms with Crippen LogP contribution in [0.3, 0.4) is 0 Å². The largest absolute Gasteiger partial charge is 0.120 e. The third kappa shape index (κ3) is 1.96. The lowest BCUT2D eigenvalue weighted by atomic mass is 10.0. The van der Waals surface area contributed by atoms with Crippen LogP contribution < -0.4 is 0 Å². The minimum atomic E-state index is 0.805. The van der Waals surface area contributed by atoms with E-state index in [-0.39, 0.29) is 0 Å². The fourth-order valence-electron chi connectivity index (χ4n) is 2.36. The minimum absolute atomic E-state index is 0.805. The maximum Gasteiger partial charge on any atom is 0.0127 e. The molecule has 0 heteroatoms. The van der Waals surface area contributed by atoms with Gasteiger partial charge in [-0.05, 0) is 45.7 Å². The van der Waals surface area contributed by atoms with Crippen molar-refractivity contribution in [3.05, 3.63) is 60.2 Å². The van der Waals surface area contributed by atoms with E-state index in [2.05, 4.69) is 60.5 Å². The van der Waals surface area contributed by atoms with Crippen LogP contribution in [0.15, 0.2) is 54.6 Å². The Hall–Kier alpha value is -2.26. The molecule has 86 valence electrons. The number of rotatable bonds is 2.